The number of nitrogens with zero attached hydrogens (tertiary/aromatic N) is 2. The van der Waals surface area contributed by atoms with Crippen LogP contribution in [0.2, 0.25) is 0 Å². The molecular weight excluding hydrogens is 432 g/mol. The topological polar surface area (TPSA) is 114 Å². The van der Waals surface area contributed by atoms with E-state index < -0.39 is 24.9 Å². The minimum Gasteiger partial charge on any atom is -0.282 e. The van der Waals surface area contributed by atoms with Crippen LogP contribution in [-0.4, -0.2) is 32.6 Å². The Morgan fingerprint density at radius 3 is 2.45 bits per heavy atom. The van der Waals surface area contributed by atoms with E-state index >= 15 is 0 Å². The third kappa shape index (κ3) is 4.06. The van der Waals surface area contributed by atoms with Crippen LogP contribution >= 0.6 is 11.3 Å². The average molecular weight is 447 g/mol. The fraction of sp³-hybridized carbons (Fsp3) is 0.0526. The first-order valence-corrected chi connectivity index (χ1v) is 12.4. The molecule has 1 aliphatic carbocycles. The van der Waals surface area contributed by atoms with Crippen LogP contribution in [0, 0.1) is 0 Å². The highest BCUT2D eigenvalue weighted by Crippen LogP contribution is 2.30. The van der Waals surface area contributed by atoms with Gasteiger partial charge in [0.15, 0.2) is 9.84 Å². The van der Waals surface area contributed by atoms with Crippen LogP contribution in [0.15, 0.2) is 75.4 Å². The largest absolute Gasteiger partial charge is 0.294 e. The zero-order valence-electron chi connectivity index (χ0n) is 15.0. The molecule has 7 nitrogen and oxygen atoms in total. The van der Waals surface area contributed by atoms with Crippen LogP contribution < -0.4 is 5.36 Å². The van der Waals surface area contributed by atoms with E-state index in [2.05, 4.69) is 9.98 Å². The van der Waals surface area contributed by atoms with Crippen molar-refractivity contribution < 1.29 is 21.4 Å². The minimum atomic E-state index is -4.50. The van der Waals surface area contributed by atoms with Gasteiger partial charge in [0, 0.05) is 6.26 Å². The van der Waals surface area contributed by atoms with E-state index in [0.717, 1.165) is 45.2 Å². The molecule has 0 spiro atoms. The van der Waals surface area contributed by atoms with Crippen molar-refractivity contribution in [1.29, 1.82) is 0 Å². The van der Waals surface area contributed by atoms with Crippen molar-refractivity contribution in [3.05, 3.63) is 66.0 Å². The number of rotatable bonds is 3. The van der Waals surface area contributed by atoms with Crippen molar-refractivity contribution in [3.8, 4) is 10.6 Å². The molecule has 1 heterocycles. The summed E-state index contributed by atoms with van der Waals surface area (Å²) in [6.45, 7) is 0. The van der Waals surface area contributed by atoms with Crippen molar-refractivity contribution in [2.24, 2.45) is 4.99 Å². The number of benzene rings is 3. The lowest BCUT2D eigenvalue weighted by Gasteiger charge is -2.07. The molecule has 1 aliphatic heterocycles. The standard InChI is InChI=1S/C19H14N2O5S3/c1-28(22,23)19-9-7-13(29(24,25)26)11-16(19)20-12-6-8-15-18(10-12)27-17-5-3-2-4-14(17)21-15/h2-11H,1H3,(H,24,25,26). The first-order valence-electron chi connectivity index (χ1n) is 8.27. The Bertz CT molecular complexity index is 1510. The summed E-state index contributed by atoms with van der Waals surface area (Å²) in [7, 11) is -8.17. The molecule has 0 aromatic heterocycles. The number of aromatic nitrogens is 1. The summed E-state index contributed by atoms with van der Waals surface area (Å²) >= 11 is 1.52. The van der Waals surface area contributed by atoms with E-state index in [-0.39, 0.29) is 10.6 Å². The fourth-order valence-electron chi connectivity index (χ4n) is 2.83. The molecule has 0 saturated carbocycles. The predicted molar refractivity (Wildman–Crippen MR) is 111 cm³/mol. The van der Waals surface area contributed by atoms with Gasteiger partial charge in [-0.3, -0.25) is 4.55 Å². The Morgan fingerprint density at radius 1 is 0.966 bits per heavy atom. The van der Waals surface area contributed by atoms with Gasteiger partial charge in [0.05, 0.1) is 41.6 Å². The number of hydrogen-bond acceptors (Lipinski definition) is 7. The normalized spacial score (nSPS) is 13.2. The van der Waals surface area contributed by atoms with Crippen molar-refractivity contribution in [2.75, 3.05) is 6.26 Å². The molecule has 29 heavy (non-hydrogen) atoms. The third-order valence-corrected chi connectivity index (χ3v) is 7.25. The summed E-state index contributed by atoms with van der Waals surface area (Å²) < 4.78 is 57.4. The minimum absolute atomic E-state index is 0.0688. The first-order chi connectivity index (χ1) is 13.6. The second kappa shape index (κ2) is 6.99. The summed E-state index contributed by atoms with van der Waals surface area (Å²) in [5.41, 5.74) is 1.57. The van der Waals surface area contributed by atoms with Gasteiger partial charge in [0.25, 0.3) is 10.1 Å². The number of fused-ring (bicyclic) bond motifs is 2. The van der Waals surface area contributed by atoms with Crippen LogP contribution in [0.3, 0.4) is 0 Å². The van der Waals surface area contributed by atoms with E-state index in [4.69, 9.17) is 0 Å². The smallest absolute Gasteiger partial charge is 0.282 e. The Labute approximate surface area is 171 Å². The molecule has 0 radical (unpaired) electrons. The molecular formula is C19H14N2O5S3. The van der Waals surface area contributed by atoms with E-state index in [1.54, 1.807) is 18.2 Å². The summed E-state index contributed by atoms with van der Waals surface area (Å²) in [5.74, 6) is 0. The lowest BCUT2D eigenvalue weighted by Crippen LogP contribution is -2.05. The predicted octanol–water partition coefficient (Wildman–Crippen LogP) is 3.28. The molecule has 0 bridgehead atoms. The zero-order chi connectivity index (χ0) is 20.8. The van der Waals surface area contributed by atoms with Crippen molar-refractivity contribution in [3.63, 3.8) is 0 Å². The highest BCUT2D eigenvalue weighted by Gasteiger charge is 2.18. The Hall–Kier alpha value is -2.66. The summed E-state index contributed by atoms with van der Waals surface area (Å²) in [6.07, 6.45) is 1.01. The average Bonchev–Trinajstić information content (AvgIpc) is 2.64. The zero-order valence-corrected chi connectivity index (χ0v) is 17.4. The third-order valence-electron chi connectivity index (χ3n) is 4.15. The van der Waals surface area contributed by atoms with Gasteiger partial charge in [-0.1, -0.05) is 12.1 Å². The maximum atomic E-state index is 12.1. The van der Waals surface area contributed by atoms with Crippen LogP contribution in [0.25, 0.3) is 20.8 Å². The summed E-state index contributed by atoms with van der Waals surface area (Å²) in [6, 6.07) is 16.1. The molecule has 4 rings (SSSR count). The molecule has 10 heteroatoms. The lowest BCUT2D eigenvalue weighted by molar-refractivity contribution is 0.483. The van der Waals surface area contributed by atoms with Gasteiger partial charge in [-0.25, -0.2) is 18.4 Å². The molecule has 2 aliphatic rings. The maximum absolute atomic E-state index is 12.1. The van der Waals surface area contributed by atoms with Crippen LogP contribution in [0.4, 0.5) is 5.69 Å². The second-order valence-electron chi connectivity index (χ2n) is 6.32. The van der Waals surface area contributed by atoms with Gasteiger partial charge in [0.2, 0.25) is 0 Å². The molecule has 0 atom stereocenters. The number of hydrogen-bond donors (Lipinski definition) is 1. The van der Waals surface area contributed by atoms with Gasteiger partial charge in [-0.05, 0) is 48.5 Å². The Morgan fingerprint density at radius 2 is 1.72 bits per heavy atom. The fourth-order valence-corrected chi connectivity index (χ4v) is 5.13. The molecule has 2 aromatic carbocycles. The Balaban J connectivity index is 1.96. The molecule has 0 amide bonds. The summed E-state index contributed by atoms with van der Waals surface area (Å²) in [4.78, 5) is 9.21. The van der Waals surface area contributed by atoms with Gasteiger partial charge in [-0.15, -0.1) is 11.3 Å². The molecule has 2 aromatic rings. The quantitative estimate of drug-likeness (QED) is 0.382. The van der Waals surface area contributed by atoms with Crippen LogP contribution in [0.1, 0.15) is 0 Å². The molecule has 0 unspecified atom stereocenters. The highest BCUT2D eigenvalue weighted by atomic mass is 32.2. The van der Waals surface area contributed by atoms with E-state index in [0.29, 0.717) is 5.36 Å². The lowest BCUT2D eigenvalue weighted by atomic mass is 10.2. The van der Waals surface area contributed by atoms with E-state index in [1.165, 1.54) is 11.3 Å². The van der Waals surface area contributed by atoms with Gasteiger partial charge >= 0.3 is 0 Å². The van der Waals surface area contributed by atoms with Crippen LogP contribution in [0.5, 0.6) is 0 Å². The first kappa shape index (κ1) is 19.6. The second-order valence-corrected chi connectivity index (χ2v) is 10.8. The SMILES string of the molecule is CS(=O)(=O)c1ccc(S(=O)(=O)O)cc1N=c1ccc2nc3ccccc3sc-2c1. The van der Waals surface area contributed by atoms with E-state index in [9.17, 15) is 21.4 Å². The molecule has 1 N–H and O–H groups in total. The highest BCUT2D eigenvalue weighted by molar-refractivity contribution is 7.91. The monoisotopic (exact) mass is 446 g/mol. The van der Waals surface area contributed by atoms with Crippen molar-refractivity contribution in [2.45, 2.75) is 9.79 Å². The van der Waals surface area contributed by atoms with Gasteiger partial charge in [-0.2, -0.15) is 8.42 Å². The summed E-state index contributed by atoms with van der Waals surface area (Å²) in [5, 5.41) is 0.434. The maximum Gasteiger partial charge on any atom is 0.294 e. The number of sulfone groups is 1. The van der Waals surface area contributed by atoms with Crippen LogP contribution in [-0.2, 0) is 20.0 Å². The molecule has 0 saturated heterocycles. The van der Waals surface area contributed by atoms with Crippen molar-refractivity contribution >= 4 is 47.2 Å². The van der Waals surface area contributed by atoms with E-state index in [1.807, 2.05) is 24.3 Å². The molecule has 0 fully saturated rings. The van der Waals surface area contributed by atoms with Gasteiger partial charge < -0.3 is 0 Å². The van der Waals surface area contributed by atoms with Gasteiger partial charge in [0.1, 0.15) is 0 Å². The number of para-hydroxylation sites is 1. The Kier molecular flexibility index (Phi) is 4.74. The molecule has 148 valence electrons. The van der Waals surface area contributed by atoms with Crippen molar-refractivity contribution in [1.82, 2.24) is 4.98 Å².